The first-order valence-corrected chi connectivity index (χ1v) is 8.03. The SMILES string of the molecule is CC(=C=CC[C@@H](O)c1cccc(O)c1)C[C@@H](O)c1cccs1. The van der Waals surface area contributed by atoms with Crippen molar-refractivity contribution in [2.75, 3.05) is 0 Å². The molecule has 22 heavy (non-hydrogen) atoms. The van der Waals surface area contributed by atoms with Crippen LogP contribution in [0.5, 0.6) is 5.75 Å². The van der Waals surface area contributed by atoms with E-state index in [9.17, 15) is 15.3 Å². The molecule has 0 fully saturated rings. The van der Waals surface area contributed by atoms with Gasteiger partial charge in [0.15, 0.2) is 0 Å². The minimum absolute atomic E-state index is 0.145. The Kier molecular flexibility index (Phi) is 5.99. The summed E-state index contributed by atoms with van der Waals surface area (Å²) in [5.74, 6) is 0.145. The third-order valence-corrected chi connectivity index (χ3v) is 4.29. The first-order valence-electron chi connectivity index (χ1n) is 7.15. The van der Waals surface area contributed by atoms with Crippen LogP contribution in [0.4, 0.5) is 0 Å². The van der Waals surface area contributed by atoms with Crippen LogP contribution in [-0.4, -0.2) is 15.3 Å². The molecule has 0 bridgehead atoms. The molecule has 1 aromatic carbocycles. The lowest BCUT2D eigenvalue weighted by Crippen LogP contribution is -1.95. The number of hydrogen-bond acceptors (Lipinski definition) is 4. The Balaban J connectivity index is 1.92. The maximum absolute atomic E-state index is 10.1. The Morgan fingerprint density at radius 1 is 1.23 bits per heavy atom. The first-order chi connectivity index (χ1) is 10.6. The molecule has 2 rings (SSSR count). The fraction of sp³-hybridized carbons (Fsp3) is 0.278. The van der Waals surface area contributed by atoms with Crippen LogP contribution in [0.15, 0.2) is 59.2 Å². The topological polar surface area (TPSA) is 60.7 Å². The minimum Gasteiger partial charge on any atom is -0.508 e. The van der Waals surface area contributed by atoms with Crippen LogP contribution in [0, 0.1) is 0 Å². The van der Waals surface area contributed by atoms with Crippen molar-refractivity contribution in [2.45, 2.75) is 32.0 Å². The van der Waals surface area contributed by atoms with Crippen molar-refractivity contribution in [3.63, 3.8) is 0 Å². The highest BCUT2D eigenvalue weighted by Gasteiger charge is 2.09. The zero-order valence-corrected chi connectivity index (χ0v) is 13.3. The van der Waals surface area contributed by atoms with E-state index in [4.69, 9.17) is 0 Å². The monoisotopic (exact) mass is 316 g/mol. The standard InChI is InChI=1S/C18H20O3S/c1-13(11-17(21)18-9-4-10-22-18)5-2-8-16(20)14-6-3-7-15(19)12-14/h2-4,6-7,9-10,12,16-17,19-21H,8,11H2,1H3/t5?,16-,17-/m1/s1. The number of aliphatic hydroxyl groups is 2. The van der Waals surface area contributed by atoms with Crippen LogP contribution in [-0.2, 0) is 0 Å². The molecule has 0 unspecified atom stereocenters. The predicted molar refractivity (Wildman–Crippen MR) is 88.8 cm³/mol. The highest BCUT2D eigenvalue weighted by molar-refractivity contribution is 7.10. The van der Waals surface area contributed by atoms with Gasteiger partial charge in [-0.25, -0.2) is 0 Å². The molecule has 0 radical (unpaired) electrons. The number of benzene rings is 1. The van der Waals surface area contributed by atoms with Crippen LogP contribution in [0.1, 0.15) is 42.4 Å². The molecule has 0 saturated heterocycles. The summed E-state index contributed by atoms with van der Waals surface area (Å²) in [4.78, 5) is 0.945. The summed E-state index contributed by atoms with van der Waals surface area (Å²) >= 11 is 1.54. The number of rotatable bonds is 6. The Labute approximate surface area is 134 Å². The van der Waals surface area contributed by atoms with E-state index >= 15 is 0 Å². The lowest BCUT2D eigenvalue weighted by molar-refractivity contribution is 0.181. The van der Waals surface area contributed by atoms with E-state index in [1.54, 1.807) is 30.3 Å². The van der Waals surface area contributed by atoms with Gasteiger partial charge in [0.05, 0.1) is 12.2 Å². The highest BCUT2D eigenvalue weighted by Crippen LogP contribution is 2.25. The van der Waals surface area contributed by atoms with Gasteiger partial charge in [0.2, 0.25) is 0 Å². The van der Waals surface area contributed by atoms with E-state index < -0.39 is 12.2 Å². The zero-order chi connectivity index (χ0) is 15.9. The number of phenolic OH excluding ortho intramolecular Hbond substituents is 1. The first kappa shape index (κ1) is 16.5. The van der Waals surface area contributed by atoms with E-state index in [2.05, 4.69) is 5.73 Å². The van der Waals surface area contributed by atoms with Crippen LogP contribution >= 0.6 is 11.3 Å². The number of phenols is 1. The lowest BCUT2D eigenvalue weighted by Gasteiger charge is -2.08. The fourth-order valence-corrected chi connectivity index (χ4v) is 2.86. The second-order valence-corrected chi connectivity index (χ2v) is 6.19. The van der Waals surface area contributed by atoms with Gasteiger partial charge in [-0.05, 0) is 47.7 Å². The summed E-state index contributed by atoms with van der Waals surface area (Å²) in [6.45, 7) is 1.91. The second kappa shape index (κ2) is 7.97. The van der Waals surface area contributed by atoms with Crippen molar-refractivity contribution in [1.82, 2.24) is 0 Å². The summed E-state index contributed by atoms with van der Waals surface area (Å²) in [7, 11) is 0. The van der Waals surface area contributed by atoms with Gasteiger partial charge >= 0.3 is 0 Å². The smallest absolute Gasteiger partial charge is 0.115 e. The molecule has 0 aliphatic carbocycles. The van der Waals surface area contributed by atoms with Gasteiger partial charge in [-0.3, -0.25) is 0 Å². The molecule has 0 amide bonds. The molecule has 3 nitrogen and oxygen atoms in total. The van der Waals surface area contributed by atoms with E-state index in [1.807, 2.05) is 24.4 Å². The molecule has 116 valence electrons. The van der Waals surface area contributed by atoms with Crippen LogP contribution in [0.25, 0.3) is 0 Å². The average molecular weight is 316 g/mol. The normalized spacial score (nSPS) is 13.2. The van der Waals surface area contributed by atoms with Gasteiger partial charge in [0.1, 0.15) is 5.75 Å². The summed E-state index contributed by atoms with van der Waals surface area (Å²) in [5, 5.41) is 31.4. The van der Waals surface area contributed by atoms with Gasteiger partial charge in [0, 0.05) is 17.7 Å². The van der Waals surface area contributed by atoms with Gasteiger partial charge in [-0.1, -0.05) is 18.2 Å². The van der Waals surface area contributed by atoms with Gasteiger partial charge in [-0.2, -0.15) is 0 Å². The quantitative estimate of drug-likeness (QED) is 0.703. The lowest BCUT2D eigenvalue weighted by atomic mass is 10.1. The van der Waals surface area contributed by atoms with Crippen molar-refractivity contribution >= 4 is 11.3 Å². The van der Waals surface area contributed by atoms with Crippen molar-refractivity contribution in [2.24, 2.45) is 0 Å². The summed E-state index contributed by atoms with van der Waals surface area (Å²) in [5.41, 5.74) is 4.71. The van der Waals surface area contributed by atoms with Crippen LogP contribution in [0.3, 0.4) is 0 Å². The third kappa shape index (κ3) is 4.86. The highest BCUT2D eigenvalue weighted by atomic mass is 32.1. The average Bonchev–Trinajstić information content (AvgIpc) is 3.01. The molecule has 0 aliphatic rings. The maximum Gasteiger partial charge on any atom is 0.115 e. The van der Waals surface area contributed by atoms with Gasteiger partial charge in [0.25, 0.3) is 0 Å². The largest absolute Gasteiger partial charge is 0.508 e. The molecule has 1 heterocycles. The van der Waals surface area contributed by atoms with E-state index in [1.165, 1.54) is 11.3 Å². The van der Waals surface area contributed by atoms with E-state index in [0.29, 0.717) is 18.4 Å². The molecule has 1 aromatic heterocycles. The van der Waals surface area contributed by atoms with Crippen molar-refractivity contribution in [3.8, 4) is 5.75 Å². The molecule has 0 spiro atoms. The molecule has 3 N–H and O–H groups in total. The third-order valence-electron chi connectivity index (χ3n) is 3.32. The number of aliphatic hydroxyl groups excluding tert-OH is 2. The number of aromatic hydroxyl groups is 1. The predicted octanol–water partition coefficient (Wildman–Crippen LogP) is 4.10. The molecule has 2 atom stereocenters. The number of hydrogen-bond donors (Lipinski definition) is 3. The summed E-state index contributed by atoms with van der Waals surface area (Å²) in [6, 6.07) is 10.4. The zero-order valence-electron chi connectivity index (χ0n) is 12.4. The maximum atomic E-state index is 10.1. The van der Waals surface area contributed by atoms with Crippen molar-refractivity contribution < 1.29 is 15.3 Å². The molecule has 0 aliphatic heterocycles. The van der Waals surface area contributed by atoms with Gasteiger partial charge < -0.3 is 15.3 Å². The Hall–Kier alpha value is -1.84. The van der Waals surface area contributed by atoms with Crippen molar-refractivity contribution in [3.05, 3.63) is 69.6 Å². The number of thiophene rings is 1. The van der Waals surface area contributed by atoms with Crippen molar-refractivity contribution in [1.29, 1.82) is 0 Å². The Bertz CT molecular complexity index is 655. The van der Waals surface area contributed by atoms with E-state index in [-0.39, 0.29) is 5.75 Å². The molecular formula is C18H20O3S. The van der Waals surface area contributed by atoms with Crippen LogP contribution in [0.2, 0.25) is 0 Å². The molecule has 4 heteroatoms. The minimum atomic E-state index is -0.672. The Morgan fingerprint density at radius 2 is 2.05 bits per heavy atom. The van der Waals surface area contributed by atoms with Crippen LogP contribution < -0.4 is 0 Å². The molecule has 2 aromatic rings. The Morgan fingerprint density at radius 3 is 2.73 bits per heavy atom. The molecular weight excluding hydrogens is 296 g/mol. The fourth-order valence-electron chi connectivity index (χ4n) is 2.14. The molecule has 0 saturated carbocycles. The summed E-state index contributed by atoms with van der Waals surface area (Å²) in [6.07, 6.45) is 1.53. The van der Waals surface area contributed by atoms with E-state index in [0.717, 1.165) is 10.5 Å². The second-order valence-electron chi connectivity index (χ2n) is 5.21. The van der Waals surface area contributed by atoms with Gasteiger partial charge in [-0.15, -0.1) is 17.1 Å². The summed E-state index contributed by atoms with van der Waals surface area (Å²) < 4.78 is 0.